The van der Waals surface area contributed by atoms with Crippen LogP contribution in [0.3, 0.4) is 0 Å². The van der Waals surface area contributed by atoms with E-state index in [1.54, 1.807) is 6.92 Å². The number of carboxylic acid groups (broad SMARTS) is 1. The van der Waals surface area contributed by atoms with Gasteiger partial charge in [0.15, 0.2) is 0 Å². The highest BCUT2D eigenvalue weighted by Crippen LogP contribution is 2.21. The number of carbonyl (C=O) groups is 1. The van der Waals surface area contributed by atoms with Crippen molar-refractivity contribution in [1.82, 2.24) is 5.32 Å². The van der Waals surface area contributed by atoms with E-state index in [1.165, 1.54) is 11.1 Å². The molecule has 0 aliphatic rings. The first-order valence-corrected chi connectivity index (χ1v) is 7.58. The van der Waals surface area contributed by atoms with Gasteiger partial charge >= 0.3 is 5.97 Å². The fourth-order valence-electron chi connectivity index (χ4n) is 2.30. The van der Waals surface area contributed by atoms with Gasteiger partial charge in [0.05, 0.1) is 6.61 Å². The van der Waals surface area contributed by atoms with Gasteiger partial charge in [0.25, 0.3) is 0 Å². The van der Waals surface area contributed by atoms with E-state index in [-0.39, 0.29) is 0 Å². The molecule has 0 aliphatic carbocycles. The summed E-state index contributed by atoms with van der Waals surface area (Å²) in [6, 6.07) is 6.03. The molecule has 0 aromatic heterocycles. The van der Waals surface area contributed by atoms with Crippen LogP contribution in [0.15, 0.2) is 18.2 Å². The number of likely N-dealkylation sites (N-methyl/N-ethyl adjacent to an activating group) is 1. The Morgan fingerprint density at radius 3 is 2.67 bits per heavy atom. The highest BCUT2D eigenvalue weighted by atomic mass is 16.5. The summed E-state index contributed by atoms with van der Waals surface area (Å²) in [6.07, 6.45) is 2.27. The Bertz CT molecular complexity index is 473. The van der Waals surface area contributed by atoms with Crippen LogP contribution in [0.5, 0.6) is 5.75 Å². The quantitative estimate of drug-likeness (QED) is 0.686. The lowest BCUT2D eigenvalue weighted by Crippen LogP contribution is -2.49. The number of hydrogen-bond donors (Lipinski definition) is 2. The SMILES string of the molecule is CCNC(C)(CCCCOc1cccc(C)c1C)C(=O)O. The molecule has 4 nitrogen and oxygen atoms in total. The van der Waals surface area contributed by atoms with Crippen molar-refractivity contribution >= 4 is 5.97 Å². The molecule has 0 fully saturated rings. The van der Waals surface area contributed by atoms with Gasteiger partial charge in [-0.05, 0) is 63.8 Å². The number of ether oxygens (including phenoxy) is 1. The van der Waals surface area contributed by atoms with Gasteiger partial charge in [-0.15, -0.1) is 0 Å². The van der Waals surface area contributed by atoms with Crippen LogP contribution >= 0.6 is 0 Å². The Hall–Kier alpha value is -1.55. The molecule has 21 heavy (non-hydrogen) atoms. The van der Waals surface area contributed by atoms with Gasteiger partial charge in [-0.3, -0.25) is 4.79 Å². The summed E-state index contributed by atoms with van der Waals surface area (Å²) in [5.41, 5.74) is 1.55. The molecule has 0 radical (unpaired) electrons. The first-order chi connectivity index (χ1) is 9.90. The Balaban J connectivity index is 2.37. The molecule has 1 unspecified atom stereocenters. The largest absolute Gasteiger partial charge is 0.493 e. The lowest BCUT2D eigenvalue weighted by atomic mass is 9.95. The first-order valence-electron chi connectivity index (χ1n) is 7.58. The van der Waals surface area contributed by atoms with Crippen LogP contribution in [0, 0.1) is 13.8 Å². The van der Waals surface area contributed by atoms with Gasteiger partial charge in [0.1, 0.15) is 11.3 Å². The van der Waals surface area contributed by atoms with Crippen LogP contribution in [0.25, 0.3) is 0 Å². The second-order valence-corrected chi connectivity index (χ2v) is 5.67. The molecule has 0 bridgehead atoms. The number of aliphatic carboxylic acids is 1. The Labute approximate surface area is 127 Å². The number of unbranched alkanes of at least 4 members (excludes halogenated alkanes) is 1. The molecule has 1 rings (SSSR count). The third-order valence-electron chi connectivity index (χ3n) is 3.92. The predicted molar refractivity (Wildman–Crippen MR) is 85.0 cm³/mol. The van der Waals surface area contributed by atoms with Crippen LogP contribution in [-0.4, -0.2) is 29.8 Å². The number of aryl methyl sites for hydroxylation is 1. The summed E-state index contributed by atoms with van der Waals surface area (Å²) in [4.78, 5) is 11.3. The van der Waals surface area contributed by atoms with Crippen molar-refractivity contribution in [3.63, 3.8) is 0 Å². The molecule has 0 heterocycles. The third kappa shape index (κ3) is 5.05. The summed E-state index contributed by atoms with van der Waals surface area (Å²) in [5, 5.41) is 12.3. The summed E-state index contributed by atoms with van der Waals surface area (Å²) in [6.45, 7) is 9.05. The van der Waals surface area contributed by atoms with Crippen molar-refractivity contribution < 1.29 is 14.6 Å². The Morgan fingerprint density at radius 1 is 1.33 bits per heavy atom. The summed E-state index contributed by atoms with van der Waals surface area (Å²) in [5.74, 6) is 0.127. The minimum atomic E-state index is -0.839. The van der Waals surface area contributed by atoms with Crippen LogP contribution in [0.4, 0.5) is 0 Å². The second-order valence-electron chi connectivity index (χ2n) is 5.67. The van der Waals surface area contributed by atoms with Crippen molar-refractivity contribution in [2.24, 2.45) is 0 Å². The monoisotopic (exact) mass is 293 g/mol. The lowest BCUT2D eigenvalue weighted by molar-refractivity contribution is -0.144. The fraction of sp³-hybridized carbons (Fsp3) is 0.588. The molecular formula is C17H27NO3. The summed E-state index contributed by atoms with van der Waals surface area (Å²) >= 11 is 0. The van der Waals surface area contributed by atoms with E-state index in [9.17, 15) is 9.90 Å². The van der Waals surface area contributed by atoms with E-state index in [0.29, 0.717) is 19.6 Å². The maximum Gasteiger partial charge on any atom is 0.323 e. The lowest BCUT2D eigenvalue weighted by Gasteiger charge is -2.25. The van der Waals surface area contributed by atoms with E-state index in [1.807, 2.05) is 19.1 Å². The number of carboxylic acids is 1. The van der Waals surface area contributed by atoms with E-state index < -0.39 is 11.5 Å². The van der Waals surface area contributed by atoms with Crippen LogP contribution in [0.2, 0.25) is 0 Å². The van der Waals surface area contributed by atoms with Gasteiger partial charge in [0.2, 0.25) is 0 Å². The Morgan fingerprint density at radius 2 is 2.05 bits per heavy atom. The molecule has 1 aromatic rings. The smallest absolute Gasteiger partial charge is 0.323 e. The molecule has 0 amide bonds. The summed E-state index contributed by atoms with van der Waals surface area (Å²) < 4.78 is 5.78. The topological polar surface area (TPSA) is 58.6 Å². The molecule has 4 heteroatoms. The molecule has 1 aromatic carbocycles. The number of benzene rings is 1. The maximum absolute atomic E-state index is 11.3. The maximum atomic E-state index is 11.3. The predicted octanol–water partition coefficient (Wildman–Crippen LogP) is 3.31. The normalized spacial score (nSPS) is 13.7. The first kappa shape index (κ1) is 17.5. The van der Waals surface area contributed by atoms with Crippen LogP contribution in [-0.2, 0) is 4.79 Å². The van der Waals surface area contributed by atoms with Gasteiger partial charge in [0, 0.05) is 0 Å². The van der Waals surface area contributed by atoms with E-state index in [4.69, 9.17) is 4.74 Å². The average molecular weight is 293 g/mol. The summed E-state index contributed by atoms with van der Waals surface area (Å²) in [7, 11) is 0. The Kier molecular flexibility index (Phi) is 6.69. The minimum Gasteiger partial charge on any atom is -0.493 e. The zero-order chi connectivity index (χ0) is 15.9. The van der Waals surface area contributed by atoms with Crippen molar-refractivity contribution in [1.29, 1.82) is 0 Å². The van der Waals surface area contributed by atoms with Crippen molar-refractivity contribution in [2.45, 2.75) is 52.5 Å². The van der Waals surface area contributed by atoms with Crippen molar-refractivity contribution in [2.75, 3.05) is 13.2 Å². The number of nitrogens with one attached hydrogen (secondary N) is 1. The second kappa shape index (κ2) is 8.03. The highest BCUT2D eigenvalue weighted by Gasteiger charge is 2.30. The molecule has 0 spiro atoms. The standard InChI is InChI=1S/C17H27NO3/c1-5-18-17(4,16(19)20)11-6-7-12-21-15-10-8-9-13(2)14(15)3/h8-10,18H,5-7,11-12H2,1-4H3,(H,19,20). The van der Waals surface area contributed by atoms with Crippen LogP contribution < -0.4 is 10.1 Å². The molecule has 0 saturated carbocycles. The van der Waals surface area contributed by atoms with Crippen molar-refractivity contribution in [3.05, 3.63) is 29.3 Å². The van der Waals surface area contributed by atoms with E-state index in [2.05, 4.69) is 25.2 Å². The minimum absolute atomic E-state index is 0.604. The van der Waals surface area contributed by atoms with E-state index >= 15 is 0 Å². The molecule has 1 atom stereocenters. The van der Waals surface area contributed by atoms with Crippen molar-refractivity contribution in [3.8, 4) is 5.75 Å². The third-order valence-corrected chi connectivity index (χ3v) is 3.92. The fourth-order valence-corrected chi connectivity index (χ4v) is 2.30. The molecule has 0 saturated heterocycles. The van der Waals surface area contributed by atoms with Gasteiger partial charge in [-0.25, -0.2) is 0 Å². The highest BCUT2D eigenvalue weighted by molar-refractivity contribution is 5.78. The molecule has 118 valence electrons. The zero-order valence-electron chi connectivity index (χ0n) is 13.5. The average Bonchev–Trinajstić information content (AvgIpc) is 2.43. The number of rotatable bonds is 9. The zero-order valence-corrected chi connectivity index (χ0v) is 13.5. The molecule has 2 N–H and O–H groups in total. The number of hydrogen-bond acceptors (Lipinski definition) is 3. The van der Waals surface area contributed by atoms with E-state index in [0.717, 1.165) is 18.6 Å². The molecule has 0 aliphatic heterocycles. The van der Waals surface area contributed by atoms with Gasteiger partial charge < -0.3 is 15.2 Å². The van der Waals surface area contributed by atoms with Crippen LogP contribution in [0.1, 0.15) is 44.2 Å². The van der Waals surface area contributed by atoms with Gasteiger partial charge in [-0.2, -0.15) is 0 Å². The molecular weight excluding hydrogens is 266 g/mol. The van der Waals surface area contributed by atoms with Gasteiger partial charge in [-0.1, -0.05) is 19.1 Å².